The van der Waals surface area contributed by atoms with Crippen molar-refractivity contribution in [3.63, 3.8) is 0 Å². The number of amides is 1. The first-order chi connectivity index (χ1) is 10.3. The molecule has 6 heteroatoms. The number of nitrogens with zero attached hydrogens (tertiary/aromatic N) is 1. The lowest BCUT2D eigenvalue weighted by Gasteiger charge is -2.55. The van der Waals surface area contributed by atoms with E-state index in [1.165, 1.54) is 0 Å². The maximum atomic E-state index is 13.1. The minimum absolute atomic E-state index is 0.0200. The molecule has 122 valence electrons. The second-order valence-electron chi connectivity index (χ2n) is 7.28. The molecule has 0 aromatic rings. The first-order valence-corrected chi connectivity index (χ1v) is 8.11. The number of hydrogen-bond acceptors (Lipinski definition) is 2. The van der Waals surface area contributed by atoms with Crippen LogP contribution in [0, 0.1) is 5.92 Å². The average molecular weight is 315 g/mol. The highest BCUT2D eigenvalue weighted by atomic mass is 19.4. The van der Waals surface area contributed by atoms with Gasteiger partial charge in [-0.15, -0.1) is 0 Å². The Kier molecular flexibility index (Phi) is 2.97. The van der Waals surface area contributed by atoms with Crippen LogP contribution < -0.4 is 0 Å². The summed E-state index contributed by atoms with van der Waals surface area (Å²) in [6.07, 6.45) is 4.81. The lowest BCUT2D eigenvalue weighted by atomic mass is 9.65. The van der Waals surface area contributed by atoms with Gasteiger partial charge in [0.15, 0.2) is 0 Å². The van der Waals surface area contributed by atoms with E-state index in [-0.39, 0.29) is 18.6 Å². The summed E-state index contributed by atoms with van der Waals surface area (Å²) < 4.78 is 45.2. The molecule has 2 bridgehead atoms. The highest BCUT2D eigenvalue weighted by Gasteiger charge is 2.62. The molecule has 3 atom stereocenters. The van der Waals surface area contributed by atoms with Crippen LogP contribution in [0.5, 0.6) is 0 Å². The van der Waals surface area contributed by atoms with Gasteiger partial charge in [-0.05, 0) is 31.6 Å². The Morgan fingerprint density at radius 1 is 1.23 bits per heavy atom. The van der Waals surface area contributed by atoms with Gasteiger partial charge in [0.05, 0.1) is 12.6 Å². The average Bonchev–Trinajstić information content (AvgIpc) is 3.02. The Labute approximate surface area is 127 Å². The predicted molar refractivity (Wildman–Crippen MR) is 73.1 cm³/mol. The molecule has 0 aromatic carbocycles. The van der Waals surface area contributed by atoms with E-state index < -0.39 is 23.2 Å². The smallest absolute Gasteiger partial charge is 0.361 e. The molecule has 3 fully saturated rings. The molecular weight excluding hydrogens is 295 g/mol. The summed E-state index contributed by atoms with van der Waals surface area (Å²) in [6.45, 7) is 0.0585. The van der Waals surface area contributed by atoms with Gasteiger partial charge in [0.1, 0.15) is 5.60 Å². The minimum Gasteiger partial charge on any atom is -0.361 e. The summed E-state index contributed by atoms with van der Waals surface area (Å²) in [5.41, 5.74) is -1.28. The molecular formula is C16H20F3NO2. The van der Waals surface area contributed by atoms with Gasteiger partial charge in [-0.25, -0.2) is 0 Å². The molecule has 2 saturated heterocycles. The Bertz CT molecular complexity index is 524. The molecule has 22 heavy (non-hydrogen) atoms. The number of carbonyl (C=O) groups is 1. The number of alkyl halides is 3. The van der Waals surface area contributed by atoms with E-state index in [1.807, 2.05) is 12.2 Å². The number of halogens is 3. The van der Waals surface area contributed by atoms with Crippen molar-refractivity contribution < 1.29 is 22.7 Å². The van der Waals surface area contributed by atoms with Crippen molar-refractivity contribution in [1.82, 2.24) is 4.90 Å². The van der Waals surface area contributed by atoms with Crippen molar-refractivity contribution in [2.75, 3.05) is 6.54 Å². The van der Waals surface area contributed by atoms with Crippen LogP contribution in [0.25, 0.3) is 0 Å². The zero-order valence-corrected chi connectivity index (χ0v) is 12.4. The lowest BCUT2D eigenvalue weighted by molar-refractivity contribution is -0.203. The fourth-order valence-corrected chi connectivity index (χ4v) is 5.05. The van der Waals surface area contributed by atoms with Crippen molar-refractivity contribution >= 4 is 5.91 Å². The Morgan fingerprint density at radius 2 is 1.95 bits per heavy atom. The SMILES string of the molecule is O=C(N1CC23C=CC(CC2CC12CCCCC2)O3)C(F)(F)F. The van der Waals surface area contributed by atoms with Crippen LogP contribution in [-0.4, -0.2) is 40.8 Å². The molecule has 0 N–H and O–H groups in total. The fourth-order valence-electron chi connectivity index (χ4n) is 5.05. The zero-order valence-electron chi connectivity index (χ0n) is 12.4. The van der Waals surface area contributed by atoms with Crippen LogP contribution >= 0.6 is 0 Å². The first kappa shape index (κ1) is 14.5. The number of hydrogen-bond donors (Lipinski definition) is 0. The number of carbonyl (C=O) groups excluding carboxylic acids is 1. The van der Waals surface area contributed by atoms with Gasteiger partial charge in [0.25, 0.3) is 0 Å². The second kappa shape index (κ2) is 4.49. The fraction of sp³-hybridized carbons (Fsp3) is 0.812. The zero-order chi connectivity index (χ0) is 15.6. The monoisotopic (exact) mass is 315 g/mol. The highest BCUT2D eigenvalue weighted by Crippen LogP contribution is 2.55. The number of likely N-dealkylation sites (tertiary alicyclic amines) is 1. The molecule has 0 aromatic heterocycles. The Hall–Kier alpha value is -1.04. The summed E-state index contributed by atoms with van der Waals surface area (Å²) in [5.74, 6) is -1.44. The van der Waals surface area contributed by atoms with E-state index in [2.05, 4.69) is 0 Å². The number of fused-ring (bicyclic) bond motifs is 1. The third-order valence-electron chi connectivity index (χ3n) is 6.05. The van der Waals surface area contributed by atoms with Crippen LogP contribution in [0.3, 0.4) is 0 Å². The molecule has 1 aliphatic carbocycles. The van der Waals surface area contributed by atoms with Gasteiger partial charge in [-0.3, -0.25) is 4.79 Å². The minimum atomic E-state index is -4.81. The van der Waals surface area contributed by atoms with E-state index in [1.54, 1.807) is 0 Å². The van der Waals surface area contributed by atoms with Crippen LogP contribution in [-0.2, 0) is 9.53 Å². The lowest BCUT2D eigenvalue weighted by Crippen LogP contribution is -2.66. The van der Waals surface area contributed by atoms with Gasteiger partial charge in [0, 0.05) is 5.54 Å². The van der Waals surface area contributed by atoms with E-state index >= 15 is 0 Å². The van der Waals surface area contributed by atoms with Crippen LogP contribution in [0.2, 0.25) is 0 Å². The van der Waals surface area contributed by atoms with Gasteiger partial charge in [-0.1, -0.05) is 31.4 Å². The molecule has 3 nitrogen and oxygen atoms in total. The third-order valence-corrected chi connectivity index (χ3v) is 6.05. The molecule has 3 aliphatic heterocycles. The van der Waals surface area contributed by atoms with E-state index in [0.717, 1.165) is 30.6 Å². The van der Waals surface area contributed by atoms with E-state index in [9.17, 15) is 18.0 Å². The molecule has 3 heterocycles. The summed E-state index contributed by atoms with van der Waals surface area (Å²) in [7, 11) is 0. The van der Waals surface area contributed by atoms with Crippen molar-refractivity contribution in [2.45, 2.75) is 68.4 Å². The molecule has 2 spiro atoms. The van der Waals surface area contributed by atoms with Crippen molar-refractivity contribution in [1.29, 1.82) is 0 Å². The number of piperidine rings is 1. The third kappa shape index (κ3) is 1.95. The van der Waals surface area contributed by atoms with Gasteiger partial charge < -0.3 is 9.64 Å². The van der Waals surface area contributed by atoms with E-state index in [0.29, 0.717) is 19.3 Å². The summed E-state index contributed by atoms with van der Waals surface area (Å²) in [6, 6.07) is 0. The molecule has 4 rings (SSSR count). The van der Waals surface area contributed by atoms with Gasteiger partial charge in [0.2, 0.25) is 0 Å². The summed E-state index contributed by atoms with van der Waals surface area (Å²) >= 11 is 0. The first-order valence-electron chi connectivity index (χ1n) is 8.11. The quantitative estimate of drug-likeness (QED) is 0.643. The Balaban J connectivity index is 1.71. The standard InChI is InChI=1S/C16H20F3NO2/c17-16(18,19)13(21)20-10-15-7-4-12(22-15)8-11(15)9-14(20)5-2-1-3-6-14/h4,7,11-12H,1-3,5-6,8-10H2. The van der Waals surface area contributed by atoms with Gasteiger partial charge in [-0.2, -0.15) is 13.2 Å². The van der Waals surface area contributed by atoms with E-state index in [4.69, 9.17) is 4.74 Å². The maximum Gasteiger partial charge on any atom is 0.471 e. The molecule has 3 unspecified atom stereocenters. The van der Waals surface area contributed by atoms with Crippen LogP contribution in [0.1, 0.15) is 44.9 Å². The Morgan fingerprint density at radius 3 is 2.59 bits per heavy atom. The predicted octanol–water partition coefficient (Wildman–Crippen LogP) is 3.20. The van der Waals surface area contributed by atoms with Crippen molar-refractivity contribution in [2.24, 2.45) is 5.92 Å². The molecule has 1 saturated carbocycles. The largest absolute Gasteiger partial charge is 0.471 e. The number of rotatable bonds is 0. The number of ether oxygens (including phenoxy) is 1. The maximum absolute atomic E-state index is 13.1. The second-order valence-corrected chi connectivity index (χ2v) is 7.28. The van der Waals surface area contributed by atoms with Crippen molar-refractivity contribution in [3.05, 3.63) is 12.2 Å². The summed E-state index contributed by atoms with van der Waals surface area (Å²) in [5, 5.41) is 0. The van der Waals surface area contributed by atoms with Crippen molar-refractivity contribution in [3.8, 4) is 0 Å². The summed E-state index contributed by atoms with van der Waals surface area (Å²) in [4.78, 5) is 13.2. The van der Waals surface area contributed by atoms with Crippen LogP contribution in [0.4, 0.5) is 13.2 Å². The highest BCUT2D eigenvalue weighted by molar-refractivity contribution is 5.83. The topological polar surface area (TPSA) is 29.5 Å². The van der Waals surface area contributed by atoms with Crippen LogP contribution in [0.15, 0.2) is 12.2 Å². The normalized spacial score (nSPS) is 39.3. The van der Waals surface area contributed by atoms with Gasteiger partial charge >= 0.3 is 12.1 Å². The molecule has 4 aliphatic rings. The molecule has 0 radical (unpaired) electrons. The molecule has 1 amide bonds.